The fraction of sp³-hybridized carbons (Fsp3) is 0.0909. The van der Waals surface area contributed by atoms with Gasteiger partial charge in [0.05, 0.1) is 18.2 Å². The molecule has 0 radical (unpaired) electrons. The van der Waals surface area contributed by atoms with E-state index in [0.717, 1.165) is 11.1 Å². The normalized spacial score (nSPS) is 10.9. The second-order valence-electron chi connectivity index (χ2n) is 6.23. The highest BCUT2D eigenvalue weighted by Gasteiger charge is 2.19. The maximum atomic E-state index is 12.2. The van der Waals surface area contributed by atoms with Crippen LogP contribution in [0.4, 0.5) is 15.4 Å². The van der Waals surface area contributed by atoms with Crippen LogP contribution in [0.25, 0.3) is 11.1 Å². The minimum atomic E-state index is -1.00. The monoisotopic (exact) mass is 431 g/mol. The Hall–Kier alpha value is -4.34. The maximum absolute atomic E-state index is 12.2. The number of ether oxygens (including phenoxy) is 1. The Kier molecular flexibility index (Phi) is 6.84. The Labute approximate surface area is 182 Å². The van der Waals surface area contributed by atoms with Crippen molar-refractivity contribution >= 4 is 29.3 Å². The smallest absolute Gasteiger partial charge is 0.405 e. The summed E-state index contributed by atoms with van der Waals surface area (Å²) in [7, 11) is 0. The molecule has 1 unspecified atom stereocenters. The van der Waals surface area contributed by atoms with Crippen molar-refractivity contribution in [2.24, 2.45) is 5.73 Å². The largest absolute Gasteiger partial charge is 0.440 e. The lowest BCUT2D eigenvalue weighted by atomic mass is 9.96. The van der Waals surface area contributed by atoms with Crippen LogP contribution >= 0.6 is 11.3 Å². The molecule has 3 aromatic rings. The molecule has 0 fully saturated rings. The fourth-order valence-corrected chi connectivity index (χ4v) is 3.39. The molecule has 0 spiro atoms. The molecule has 1 heterocycles. The lowest BCUT2D eigenvalue weighted by Gasteiger charge is -2.19. The number of hydrogen-bond donors (Lipinski definition) is 3. The number of nitrogens with zero attached hydrogens (tertiary/aromatic N) is 2. The van der Waals surface area contributed by atoms with Gasteiger partial charge in [0.1, 0.15) is 11.9 Å². The summed E-state index contributed by atoms with van der Waals surface area (Å²) in [5, 5.41) is 16.8. The summed E-state index contributed by atoms with van der Waals surface area (Å²) < 4.78 is 5.15. The number of urea groups is 1. The van der Waals surface area contributed by atoms with Crippen LogP contribution in [0.2, 0.25) is 0 Å². The van der Waals surface area contributed by atoms with Crippen LogP contribution < -0.4 is 16.4 Å². The quantitative estimate of drug-likeness (QED) is 0.513. The van der Waals surface area contributed by atoms with Crippen LogP contribution in [0.15, 0.2) is 53.9 Å². The van der Waals surface area contributed by atoms with E-state index in [0.29, 0.717) is 22.0 Å². The van der Waals surface area contributed by atoms with Gasteiger partial charge >= 0.3 is 12.1 Å². The number of benzene rings is 2. The summed E-state index contributed by atoms with van der Waals surface area (Å²) in [6, 6.07) is 16.1. The molecule has 31 heavy (non-hydrogen) atoms. The van der Waals surface area contributed by atoms with Crippen molar-refractivity contribution in [1.29, 1.82) is 5.26 Å². The van der Waals surface area contributed by atoms with Crippen molar-refractivity contribution in [3.63, 3.8) is 0 Å². The number of anilines is 1. The fourth-order valence-electron chi connectivity index (χ4n) is 2.84. The Bertz CT molecular complexity index is 1180. The number of nitriles is 1. The molecular formula is C22H17N5O3S. The highest BCUT2D eigenvalue weighted by atomic mass is 32.1. The van der Waals surface area contributed by atoms with E-state index in [4.69, 9.17) is 16.9 Å². The molecule has 9 heteroatoms. The number of carbonyl (C=O) groups excluding carboxylic acids is 2. The zero-order chi connectivity index (χ0) is 22.2. The van der Waals surface area contributed by atoms with E-state index in [1.54, 1.807) is 23.6 Å². The number of rotatable bonds is 6. The first-order valence-corrected chi connectivity index (χ1v) is 9.90. The molecule has 3 rings (SSSR count). The number of aromatic nitrogens is 1. The minimum absolute atomic E-state index is 0.0730. The summed E-state index contributed by atoms with van der Waals surface area (Å²) in [5.74, 6) is 2.69. The third-order valence-corrected chi connectivity index (χ3v) is 4.97. The van der Waals surface area contributed by atoms with Gasteiger partial charge in [-0.05, 0) is 28.7 Å². The van der Waals surface area contributed by atoms with Crippen molar-refractivity contribution in [3.8, 4) is 29.5 Å². The molecule has 2 aromatic carbocycles. The molecule has 0 aliphatic carbocycles. The lowest BCUT2D eigenvalue weighted by Crippen LogP contribution is -2.34. The van der Waals surface area contributed by atoms with E-state index in [9.17, 15) is 14.9 Å². The van der Waals surface area contributed by atoms with Crippen molar-refractivity contribution in [2.45, 2.75) is 6.10 Å². The highest BCUT2D eigenvalue weighted by Crippen LogP contribution is 2.27. The summed E-state index contributed by atoms with van der Waals surface area (Å²) >= 11 is 1.22. The topological polar surface area (TPSA) is 130 Å². The lowest BCUT2D eigenvalue weighted by molar-refractivity contribution is 0.107. The van der Waals surface area contributed by atoms with Crippen LogP contribution in [0.5, 0.6) is 0 Å². The third-order valence-electron chi connectivity index (χ3n) is 4.20. The molecule has 0 aliphatic rings. The van der Waals surface area contributed by atoms with E-state index in [-0.39, 0.29) is 6.54 Å². The van der Waals surface area contributed by atoms with Crippen molar-refractivity contribution in [3.05, 3.63) is 70.0 Å². The van der Waals surface area contributed by atoms with Crippen LogP contribution in [0.1, 0.15) is 22.2 Å². The number of primary amides is 1. The first kappa shape index (κ1) is 21.4. The van der Waals surface area contributed by atoms with Crippen LogP contribution in [0.3, 0.4) is 0 Å². The van der Waals surface area contributed by atoms with E-state index in [1.807, 2.05) is 30.3 Å². The maximum Gasteiger partial charge on any atom is 0.405 e. The van der Waals surface area contributed by atoms with Gasteiger partial charge in [-0.3, -0.25) is 5.32 Å². The van der Waals surface area contributed by atoms with Crippen molar-refractivity contribution in [1.82, 2.24) is 10.3 Å². The Morgan fingerprint density at radius 2 is 2.03 bits per heavy atom. The Morgan fingerprint density at radius 3 is 2.68 bits per heavy atom. The van der Waals surface area contributed by atoms with Gasteiger partial charge in [0, 0.05) is 5.38 Å². The average Bonchev–Trinajstić information content (AvgIpc) is 3.24. The SMILES string of the molecule is C#Cc1nc(NC(=O)NCC(OC(N)=O)c2ccc(-c3ccccc3)c(C#N)c2)cs1. The molecule has 0 saturated carbocycles. The highest BCUT2D eigenvalue weighted by molar-refractivity contribution is 7.10. The predicted octanol–water partition coefficient (Wildman–Crippen LogP) is 3.62. The number of hydrogen-bond acceptors (Lipinski definition) is 6. The van der Waals surface area contributed by atoms with E-state index in [2.05, 4.69) is 27.6 Å². The number of thiazole rings is 1. The van der Waals surface area contributed by atoms with Gasteiger partial charge in [-0.15, -0.1) is 17.8 Å². The first-order valence-electron chi connectivity index (χ1n) is 9.02. The van der Waals surface area contributed by atoms with E-state index in [1.165, 1.54) is 11.3 Å². The molecular weight excluding hydrogens is 414 g/mol. The molecule has 8 nitrogen and oxygen atoms in total. The molecule has 1 aromatic heterocycles. The van der Waals surface area contributed by atoms with E-state index < -0.39 is 18.2 Å². The first-order chi connectivity index (χ1) is 15.0. The summed E-state index contributed by atoms with van der Waals surface area (Å²) in [6.07, 6.45) is 3.37. The zero-order valence-electron chi connectivity index (χ0n) is 16.2. The molecule has 1 atom stereocenters. The van der Waals surface area contributed by atoms with Gasteiger partial charge in [0.15, 0.2) is 5.01 Å². The molecule has 0 bridgehead atoms. The van der Waals surface area contributed by atoms with E-state index >= 15 is 0 Å². The van der Waals surface area contributed by atoms with Gasteiger partial charge in [0.25, 0.3) is 0 Å². The summed E-state index contributed by atoms with van der Waals surface area (Å²) in [5.41, 5.74) is 7.72. The third kappa shape index (κ3) is 5.60. The number of amides is 3. The standard InChI is InChI=1S/C22H17N5O3S/c1-2-20-26-19(13-31-20)27-22(29)25-12-18(30-21(24)28)15-8-9-17(16(10-15)11-23)14-6-4-3-5-7-14/h1,3-10,13,18H,12H2,(H2,24,28)(H2,25,27,29). The van der Waals surface area contributed by atoms with Gasteiger partial charge in [-0.2, -0.15) is 5.26 Å². The minimum Gasteiger partial charge on any atom is -0.440 e. The number of nitrogens with two attached hydrogens (primary N) is 1. The van der Waals surface area contributed by atoms with Crippen LogP contribution in [-0.2, 0) is 4.74 Å². The van der Waals surface area contributed by atoms with Gasteiger partial charge in [0.2, 0.25) is 0 Å². The molecule has 4 N–H and O–H groups in total. The number of carbonyl (C=O) groups is 2. The summed E-state index contributed by atoms with van der Waals surface area (Å²) in [4.78, 5) is 27.6. The summed E-state index contributed by atoms with van der Waals surface area (Å²) in [6.45, 7) is -0.0730. The Balaban J connectivity index is 1.75. The molecule has 3 amide bonds. The molecule has 154 valence electrons. The van der Waals surface area contributed by atoms with Crippen LogP contribution in [-0.4, -0.2) is 23.7 Å². The van der Waals surface area contributed by atoms with Crippen molar-refractivity contribution < 1.29 is 14.3 Å². The zero-order valence-corrected chi connectivity index (χ0v) is 17.0. The van der Waals surface area contributed by atoms with Gasteiger partial charge in [-0.1, -0.05) is 42.5 Å². The number of nitrogens with one attached hydrogen (secondary N) is 2. The van der Waals surface area contributed by atoms with Gasteiger partial charge in [-0.25, -0.2) is 14.6 Å². The molecule has 0 aliphatic heterocycles. The van der Waals surface area contributed by atoms with Crippen LogP contribution in [0, 0.1) is 23.7 Å². The second kappa shape index (κ2) is 9.92. The van der Waals surface area contributed by atoms with Crippen molar-refractivity contribution in [2.75, 3.05) is 11.9 Å². The average molecular weight is 431 g/mol. The van der Waals surface area contributed by atoms with Gasteiger partial charge < -0.3 is 15.8 Å². The number of terminal acetylenes is 1. The second-order valence-corrected chi connectivity index (χ2v) is 7.08. The molecule has 0 saturated heterocycles. The predicted molar refractivity (Wildman–Crippen MR) is 117 cm³/mol. The Morgan fingerprint density at radius 1 is 1.26 bits per heavy atom.